The van der Waals surface area contributed by atoms with Crippen molar-refractivity contribution < 1.29 is 0 Å². The fraction of sp³-hybridized carbons (Fsp3) is 0.0471. The van der Waals surface area contributed by atoms with Gasteiger partial charge in [-0.1, -0.05) is 230 Å². The number of aliphatic imine (C=N–C) groups is 1. The van der Waals surface area contributed by atoms with Gasteiger partial charge < -0.3 is 19.0 Å². The van der Waals surface area contributed by atoms with Crippen LogP contribution in [0, 0.1) is 13.8 Å². The standard InChI is InChI=1S/C85H59N5/c1-54-23-27-61(28-24-54)84-86-83(76-53-85(76,87-84)66-35-25-55(2)26-36-66)60-29-37-67(38-30-60)88-81-51-68(89-77-43-31-62(56-15-7-3-8-16-56)47-72(77)73-48-63(32-44-78(73)89)57-17-9-4-10-18-57)39-41-70(81)71-42-40-69(52-82(71)88)90-79-45-33-64(58-19-11-5-12-20-58)49-74(79)75-50-65(34-46-80(75)90)59-21-13-6-14-22-59/h3-52H,53H2,1-2H3,(H,86,87). The summed E-state index contributed by atoms with van der Waals surface area (Å²) in [5, 5.41) is 11.1. The summed E-state index contributed by atoms with van der Waals surface area (Å²) < 4.78 is 7.45. The Morgan fingerprint density at radius 3 is 1.03 bits per heavy atom. The SMILES string of the molecule is Cc1ccc(C2=NC3(c4ccc(C)cc4)CC3=C(c3ccc(-n4c5cc(-n6c7ccc(-c8ccccc8)cc7c7cc(-c8ccccc8)ccc76)ccc5c5ccc(-n6c7ccc(-c8ccccc8)cc7c7cc(-c8ccccc8)ccc76)cc54)cc3)N2)cc1. The molecule has 90 heavy (non-hydrogen) atoms. The maximum absolute atomic E-state index is 5.54. The van der Waals surface area contributed by atoms with Gasteiger partial charge in [0, 0.05) is 67.1 Å². The van der Waals surface area contributed by atoms with Crippen LogP contribution in [0.25, 0.3) is 133 Å². The summed E-state index contributed by atoms with van der Waals surface area (Å²) in [5.41, 5.74) is 27.7. The van der Waals surface area contributed by atoms with Crippen molar-refractivity contribution in [2.45, 2.75) is 25.8 Å². The maximum atomic E-state index is 5.54. The minimum atomic E-state index is -0.412. The normalized spacial score (nSPS) is 14.7. The van der Waals surface area contributed by atoms with Gasteiger partial charge in [0.1, 0.15) is 11.4 Å². The number of aryl methyl sites for hydroxylation is 2. The first-order chi connectivity index (χ1) is 44.4. The number of fused-ring (bicyclic) bond motifs is 10. The van der Waals surface area contributed by atoms with E-state index in [0.717, 1.165) is 79.2 Å². The summed E-state index contributed by atoms with van der Waals surface area (Å²) in [4.78, 5) is 5.54. The summed E-state index contributed by atoms with van der Waals surface area (Å²) in [6, 6.07) is 112. The highest BCUT2D eigenvalue weighted by molar-refractivity contribution is 6.16. The molecule has 13 aromatic carbocycles. The molecule has 4 heterocycles. The highest BCUT2D eigenvalue weighted by Crippen LogP contribution is 2.59. The Morgan fingerprint density at radius 1 is 0.289 bits per heavy atom. The second-order valence-corrected chi connectivity index (χ2v) is 24.6. The number of amidine groups is 1. The molecule has 0 spiro atoms. The first kappa shape index (κ1) is 51.7. The molecule has 0 bridgehead atoms. The Kier molecular flexibility index (Phi) is 11.6. The lowest BCUT2D eigenvalue weighted by Gasteiger charge is -2.23. The van der Waals surface area contributed by atoms with Crippen LogP contribution in [0.1, 0.15) is 34.2 Å². The quantitative estimate of drug-likeness (QED) is 0.146. The average Bonchev–Trinajstić information content (AvgIpc) is 1.60. The summed E-state index contributed by atoms with van der Waals surface area (Å²) >= 11 is 0. The Hall–Kier alpha value is -11.5. The number of nitrogens with one attached hydrogen (secondary N) is 1. The van der Waals surface area contributed by atoms with Gasteiger partial charge in [-0.15, -0.1) is 0 Å². The van der Waals surface area contributed by atoms with Crippen LogP contribution in [0.3, 0.4) is 0 Å². The molecule has 18 rings (SSSR count). The molecule has 1 N–H and O–H groups in total. The molecule has 5 nitrogen and oxygen atoms in total. The van der Waals surface area contributed by atoms with E-state index < -0.39 is 5.54 Å². The Bertz CT molecular complexity index is 5160. The van der Waals surface area contributed by atoms with Crippen LogP contribution in [0.2, 0.25) is 0 Å². The van der Waals surface area contributed by atoms with Crippen molar-refractivity contribution in [3.63, 3.8) is 0 Å². The van der Waals surface area contributed by atoms with Crippen molar-refractivity contribution in [3.8, 4) is 61.6 Å². The highest BCUT2D eigenvalue weighted by Gasteiger charge is 2.55. The molecule has 0 saturated heterocycles. The van der Waals surface area contributed by atoms with Gasteiger partial charge in [0.15, 0.2) is 0 Å². The number of rotatable bonds is 10. The Labute approximate surface area is 522 Å². The van der Waals surface area contributed by atoms with E-state index in [1.165, 1.54) is 99.1 Å². The van der Waals surface area contributed by atoms with Crippen LogP contribution >= 0.6 is 0 Å². The largest absolute Gasteiger partial charge is 0.339 e. The van der Waals surface area contributed by atoms with E-state index in [0.29, 0.717) is 0 Å². The fourth-order valence-corrected chi connectivity index (χ4v) is 14.5. The van der Waals surface area contributed by atoms with E-state index in [1.807, 2.05) is 0 Å². The summed E-state index contributed by atoms with van der Waals surface area (Å²) in [5.74, 6) is 0.897. The van der Waals surface area contributed by atoms with E-state index >= 15 is 0 Å². The lowest BCUT2D eigenvalue weighted by molar-refractivity contribution is 0.761. The van der Waals surface area contributed by atoms with Crippen LogP contribution in [0.5, 0.6) is 0 Å². The molecule has 1 unspecified atom stereocenters. The molecule has 1 aliphatic carbocycles. The van der Waals surface area contributed by atoms with Crippen LogP contribution in [0.15, 0.2) is 314 Å². The number of nitrogens with zero attached hydrogens (tertiary/aromatic N) is 4. The zero-order chi connectivity index (χ0) is 59.6. The van der Waals surface area contributed by atoms with Crippen LogP contribution < -0.4 is 5.32 Å². The maximum Gasteiger partial charge on any atom is 0.134 e. The summed E-state index contributed by atoms with van der Waals surface area (Å²) in [6.07, 6.45) is 0.863. The van der Waals surface area contributed by atoms with E-state index in [9.17, 15) is 0 Å². The molecular weight excluding hydrogens is 1090 g/mol. The zero-order valence-corrected chi connectivity index (χ0v) is 49.9. The third-order valence-corrected chi connectivity index (χ3v) is 19.1. The van der Waals surface area contributed by atoms with Gasteiger partial charge in [-0.05, 0) is 160 Å². The van der Waals surface area contributed by atoms with E-state index in [4.69, 9.17) is 4.99 Å². The van der Waals surface area contributed by atoms with Gasteiger partial charge in [0.2, 0.25) is 0 Å². The molecule has 1 fully saturated rings. The van der Waals surface area contributed by atoms with Crippen LogP contribution in [-0.4, -0.2) is 19.5 Å². The lowest BCUT2D eigenvalue weighted by Crippen LogP contribution is -2.29. The van der Waals surface area contributed by atoms with E-state index in [2.05, 4.69) is 336 Å². The summed E-state index contributed by atoms with van der Waals surface area (Å²) in [6.45, 7) is 4.29. The van der Waals surface area contributed by atoms with Gasteiger partial charge in [-0.2, -0.15) is 0 Å². The van der Waals surface area contributed by atoms with Gasteiger partial charge in [0.05, 0.1) is 33.1 Å². The molecule has 424 valence electrons. The predicted octanol–water partition coefficient (Wildman–Crippen LogP) is 21.3. The van der Waals surface area contributed by atoms with Gasteiger partial charge in [0.25, 0.3) is 0 Å². The number of hydrogen-bond acceptors (Lipinski definition) is 2. The molecule has 5 heteroatoms. The molecule has 3 aromatic heterocycles. The molecule has 1 saturated carbocycles. The zero-order valence-electron chi connectivity index (χ0n) is 49.9. The van der Waals surface area contributed by atoms with Crippen molar-refractivity contribution in [1.82, 2.24) is 19.0 Å². The molecule has 1 atom stereocenters. The highest BCUT2D eigenvalue weighted by atomic mass is 15.1. The monoisotopic (exact) mass is 1150 g/mol. The van der Waals surface area contributed by atoms with Crippen molar-refractivity contribution in [2.24, 2.45) is 4.99 Å². The third-order valence-electron chi connectivity index (χ3n) is 19.1. The topological polar surface area (TPSA) is 39.2 Å². The fourth-order valence-electron chi connectivity index (χ4n) is 14.5. The third kappa shape index (κ3) is 8.34. The van der Waals surface area contributed by atoms with E-state index in [-0.39, 0.29) is 0 Å². The predicted molar refractivity (Wildman–Crippen MR) is 376 cm³/mol. The molecule has 2 aliphatic rings. The van der Waals surface area contributed by atoms with Crippen LogP contribution in [0.4, 0.5) is 0 Å². The van der Waals surface area contributed by atoms with Crippen molar-refractivity contribution in [2.75, 3.05) is 0 Å². The van der Waals surface area contributed by atoms with Crippen molar-refractivity contribution >= 4 is 77.0 Å². The number of aromatic nitrogens is 3. The average molecular weight is 1150 g/mol. The second kappa shape index (κ2) is 20.3. The Balaban J connectivity index is 0.848. The summed E-state index contributed by atoms with van der Waals surface area (Å²) in [7, 11) is 0. The van der Waals surface area contributed by atoms with Gasteiger partial charge >= 0.3 is 0 Å². The van der Waals surface area contributed by atoms with E-state index in [1.54, 1.807) is 0 Å². The van der Waals surface area contributed by atoms with Gasteiger partial charge in [-0.25, -0.2) is 0 Å². The van der Waals surface area contributed by atoms with Crippen molar-refractivity contribution in [1.29, 1.82) is 0 Å². The molecule has 0 amide bonds. The molecule has 1 aliphatic heterocycles. The molecular formula is C85H59N5. The number of benzene rings is 13. The van der Waals surface area contributed by atoms with Crippen molar-refractivity contribution in [3.05, 3.63) is 337 Å². The van der Waals surface area contributed by atoms with Gasteiger partial charge in [-0.3, -0.25) is 4.99 Å². The molecule has 16 aromatic rings. The minimum absolute atomic E-state index is 0.412. The molecule has 0 radical (unpaired) electrons. The van der Waals surface area contributed by atoms with Crippen LogP contribution in [-0.2, 0) is 5.54 Å². The second-order valence-electron chi connectivity index (χ2n) is 24.6. The smallest absolute Gasteiger partial charge is 0.134 e. The first-order valence-corrected chi connectivity index (χ1v) is 31.2. The first-order valence-electron chi connectivity index (χ1n) is 31.2. The minimum Gasteiger partial charge on any atom is -0.339 e. The Morgan fingerprint density at radius 2 is 0.633 bits per heavy atom. The lowest BCUT2D eigenvalue weighted by atomic mass is 9.99. The number of hydrogen-bond donors (Lipinski definition) is 1.